The Morgan fingerprint density at radius 2 is 1.00 bits per heavy atom. The molecule has 0 fully saturated rings. The molecule has 0 heterocycles. The van der Waals surface area contributed by atoms with Gasteiger partial charge in [-0.1, -0.05) is 96.7 Å². The van der Waals surface area contributed by atoms with Crippen molar-refractivity contribution in [2.75, 3.05) is 19.0 Å². The Hall–Kier alpha value is -2.56. The molecule has 1 nitrogen and oxygen atoms in total. The van der Waals surface area contributed by atoms with Crippen LogP contribution in [0.1, 0.15) is 83.4 Å². The zero-order valence-electron chi connectivity index (χ0n) is 24.4. The zero-order valence-corrected chi connectivity index (χ0v) is 27.5. The van der Waals surface area contributed by atoms with Crippen molar-refractivity contribution in [2.24, 2.45) is 0 Å². The summed E-state index contributed by atoms with van der Waals surface area (Å²) in [5, 5.41) is 4.29. The Labute approximate surface area is 249 Å². The number of hydrogen-bond donors (Lipinski definition) is 0. The van der Waals surface area contributed by atoms with Gasteiger partial charge in [-0.05, 0) is 11.3 Å². The van der Waals surface area contributed by atoms with Crippen molar-refractivity contribution in [3.63, 3.8) is 0 Å². The summed E-state index contributed by atoms with van der Waals surface area (Å²) in [6.07, 6.45) is 0. The van der Waals surface area contributed by atoms with E-state index >= 15 is 0 Å². The summed E-state index contributed by atoms with van der Waals surface area (Å²) in [5.74, 6) is 1.86. The molecule has 0 aliphatic heterocycles. The molecule has 39 heavy (non-hydrogen) atoms. The van der Waals surface area contributed by atoms with Crippen LogP contribution in [0.15, 0.2) is 97.1 Å². The van der Waals surface area contributed by atoms with E-state index in [-0.39, 0.29) is 7.43 Å². The first-order valence-electron chi connectivity index (χ1n) is 13.8. The third kappa shape index (κ3) is 8.46. The smallest absolute Gasteiger partial charge is 0.157 e. The van der Waals surface area contributed by atoms with E-state index in [0.29, 0.717) is 17.8 Å². The molecule has 4 aromatic rings. The third-order valence-corrected chi connectivity index (χ3v) is 10.9. The van der Waals surface area contributed by atoms with Gasteiger partial charge in [0, 0.05) is 19.8 Å². The monoisotopic (exact) mass is 595 g/mol. The zero-order chi connectivity index (χ0) is 27.8. The van der Waals surface area contributed by atoms with Crippen LogP contribution in [0.3, 0.4) is 0 Å². The molecule has 0 saturated carbocycles. The summed E-state index contributed by atoms with van der Waals surface area (Å²) in [6.45, 7) is 13.7. The van der Waals surface area contributed by atoms with Crippen LogP contribution < -0.4 is 24.9 Å². The molecule has 0 bridgehead atoms. The second-order valence-corrected chi connectivity index (χ2v) is 14.5. The van der Waals surface area contributed by atoms with Gasteiger partial charge in [-0.2, -0.15) is 0 Å². The van der Waals surface area contributed by atoms with E-state index in [4.69, 9.17) is 0 Å². The first kappa shape index (κ1) is 32.7. The number of rotatable bonds is 7. The van der Waals surface area contributed by atoms with Crippen molar-refractivity contribution in [1.82, 2.24) is 0 Å². The summed E-state index contributed by atoms with van der Waals surface area (Å²) in [6, 6.07) is 35.3. The SMILES string of the molecule is C.CC(C)c1cc(C(C)C)[c]([Ge])c(C(C)C)c1.CN(C)c1ccccc1[Si](c1ccccc1)c1ccccc1. The molecule has 3 heteroatoms. The molecule has 0 amide bonds. The maximum Gasteiger partial charge on any atom is 0.157 e. The largest absolute Gasteiger partial charge is 0.378 e. The van der Waals surface area contributed by atoms with Crippen molar-refractivity contribution in [2.45, 2.75) is 66.7 Å². The quantitative estimate of drug-likeness (QED) is 0.169. The number of nitrogens with zero attached hydrogens (tertiary/aromatic N) is 1. The molecule has 4 aromatic carbocycles. The van der Waals surface area contributed by atoms with Gasteiger partial charge >= 0.3 is 109 Å². The number of para-hydroxylation sites is 1. The Morgan fingerprint density at radius 1 is 0.590 bits per heavy atom. The first-order chi connectivity index (χ1) is 18.1. The molecule has 0 aliphatic rings. The van der Waals surface area contributed by atoms with Gasteiger partial charge in [-0.3, -0.25) is 0 Å². The van der Waals surface area contributed by atoms with Crippen LogP contribution in [0.2, 0.25) is 0 Å². The molecule has 0 aliphatic carbocycles. The summed E-state index contributed by atoms with van der Waals surface area (Å²) >= 11 is 2.27. The van der Waals surface area contributed by atoms with Crippen LogP contribution in [0.25, 0.3) is 0 Å². The fourth-order valence-corrected chi connectivity index (χ4v) is 9.07. The Bertz CT molecular complexity index is 1210. The normalized spacial score (nSPS) is 10.9. The van der Waals surface area contributed by atoms with E-state index < -0.39 is 8.80 Å². The van der Waals surface area contributed by atoms with Crippen molar-refractivity contribution in [3.05, 3.63) is 114 Å². The van der Waals surface area contributed by atoms with E-state index in [0.717, 1.165) is 0 Å². The molecule has 0 atom stereocenters. The molecule has 0 aromatic heterocycles. The van der Waals surface area contributed by atoms with Crippen LogP contribution in [-0.2, 0) is 0 Å². The average molecular weight is 594 g/mol. The Morgan fingerprint density at radius 3 is 1.38 bits per heavy atom. The van der Waals surface area contributed by atoms with Gasteiger partial charge in [0.15, 0.2) is 8.80 Å². The number of benzene rings is 4. The predicted octanol–water partition coefficient (Wildman–Crippen LogP) is 6.76. The van der Waals surface area contributed by atoms with E-state index in [1.54, 1.807) is 0 Å². The van der Waals surface area contributed by atoms with Crippen molar-refractivity contribution >= 4 is 51.0 Å². The van der Waals surface area contributed by atoms with Crippen molar-refractivity contribution in [1.29, 1.82) is 0 Å². The van der Waals surface area contributed by atoms with Crippen LogP contribution >= 0.6 is 0 Å². The van der Waals surface area contributed by atoms with Crippen LogP contribution in [0.5, 0.6) is 0 Å². The van der Waals surface area contributed by atoms with Gasteiger partial charge in [-0.25, -0.2) is 0 Å². The van der Waals surface area contributed by atoms with Crippen LogP contribution in [0.4, 0.5) is 5.69 Å². The van der Waals surface area contributed by atoms with Crippen molar-refractivity contribution < 1.29 is 0 Å². The minimum Gasteiger partial charge on any atom is -0.378 e. The topological polar surface area (TPSA) is 3.24 Å². The van der Waals surface area contributed by atoms with Gasteiger partial charge in [0.1, 0.15) is 0 Å². The fourth-order valence-electron chi connectivity index (χ4n) is 4.72. The molecule has 0 unspecified atom stereocenters. The van der Waals surface area contributed by atoms with Crippen molar-refractivity contribution in [3.8, 4) is 0 Å². The molecular weight excluding hydrogens is 547 g/mol. The third-order valence-electron chi connectivity index (χ3n) is 6.91. The molecule has 0 spiro atoms. The average Bonchev–Trinajstić information content (AvgIpc) is 2.90. The molecule has 204 valence electrons. The summed E-state index contributed by atoms with van der Waals surface area (Å²) in [7, 11) is 3.25. The van der Waals surface area contributed by atoms with Gasteiger partial charge in [-0.15, -0.1) is 0 Å². The van der Waals surface area contributed by atoms with Crippen LogP contribution in [0, 0.1) is 0 Å². The van der Waals surface area contributed by atoms with Gasteiger partial charge < -0.3 is 4.90 Å². The molecule has 4 rings (SSSR count). The second kappa shape index (κ2) is 15.3. The van der Waals surface area contributed by atoms with E-state index in [1.807, 2.05) is 0 Å². The predicted molar refractivity (Wildman–Crippen MR) is 179 cm³/mol. The summed E-state index contributed by atoms with van der Waals surface area (Å²) in [4.78, 5) is 2.21. The molecular formula is C36H47GeNSi. The van der Waals surface area contributed by atoms with Gasteiger partial charge in [0.25, 0.3) is 0 Å². The maximum absolute atomic E-state index is 2.40. The van der Waals surface area contributed by atoms with Gasteiger partial charge in [0.2, 0.25) is 0 Å². The Kier molecular flexibility index (Phi) is 12.8. The summed E-state index contributed by atoms with van der Waals surface area (Å²) < 4.78 is 1.49. The fraction of sp³-hybridized carbons (Fsp3) is 0.333. The van der Waals surface area contributed by atoms with E-state index in [2.05, 4.69) is 174 Å². The van der Waals surface area contributed by atoms with Crippen LogP contribution in [-0.4, -0.2) is 39.4 Å². The minimum absolute atomic E-state index is 0. The molecule has 4 radical (unpaired) electrons. The van der Waals surface area contributed by atoms with Gasteiger partial charge in [0.05, 0.1) is 0 Å². The van der Waals surface area contributed by atoms with E-state index in [1.165, 1.54) is 42.3 Å². The maximum atomic E-state index is 2.40. The second-order valence-electron chi connectivity index (χ2n) is 11.1. The standard InChI is InChI=1S/C20H20NSi.C15H23Ge.CH4/c1-21(2)19-15-9-10-16-20(19)22(17-11-5-3-6-12-17)18-13-7-4-8-14-18;1-9(2)12-7-13(10(3)4)15(16)14(8-12)11(5)6;/h3-16H,1-2H3;7-11H,1-6H3;1H4. The number of hydrogen-bond acceptors (Lipinski definition) is 1. The Balaban J connectivity index is 0.000000281. The number of anilines is 1. The molecule has 0 N–H and O–H groups in total. The van der Waals surface area contributed by atoms with E-state index in [9.17, 15) is 0 Å². The summed E-state index contributed by atoms with van der Waals surface area (Å²) in [5.41, 5.74) is 5.84. The minimum atomic E-state index is -0.993. The first-order valence-corrected chi connectivity index (χ1v) is 16.3. The molecule has 0 saturated heterocycles.